The summed E-state index contributed by atoms with van der Waals surface area (Å²) >= 11 is 0. The second kappa shape index (κ2) is 7.39. The highest BCUT2D eigenvalue weighted by molar-refractivity contribution is 5.93. The molecule has 0 aromatic heterocycles. The van der Waals surface area contributed by atoms with Gasteiger partial charge in [-0.1, -0.05) is 40.0 Å². The van der Waals surface area contributed by atoms with E-state index in [4.69, 9.17) is 4.74 Å². The van der Waals surface area contributed by atoms with Crippen molar-refractivity contribution in [2.45, 2.75) is 105 Å². The summed E-state index contributed by atoms with van der Waals surface area (Å²) in [5, 5.41) is 3.26. The molecule has 156 valence electrons. The first-order chi connectivity index (χ1) is 12.9. The summed E-state index contributed by atoms with van der Waals surface area (Å²) < 4.78 is 6.58. The lowest BCUT2D eigenvalue weighted by atomic mass is 9.69. The molecule has 0 saturated heterocycles. The van der Waals surface area contributed by atoms with Crippen molar-refractivity contribution in [3.63, 3.8) is 0 Å². The third-order valence-electron chi connectivity index (χ3n) is 6.80. The molecule has 1 aromatic carbocycles. The lowest BCUT2D eigenvalue weighted by molar-refractivity contribution is -0.117. The average molecular weight is 386 g/mol. The zero-order valence-electron chi connectivity index (χ0n) is 19.2. The molecule has 1 saturated carbocycles. The summed E-state index contributed by atoms with van der Waals surface area (Å²) in [5.41, 5.74) is 5.67. The van der Waals surface area contributed by atoms with Gasteiger partial charge < -0.3 is 10.1 Å². The van der Waals surface area contributed by atoms with E-state index in [0.717, 1.165) is 17.0 Å². The Labute approximate surface area is 171 Å². The molecule has 28 heavy (non-hydrogen) atoms. The van der Waals surface area contributed by atoms with E-state index in [0.29, 0.717) is 18.3 Å². The molecular weight excluding hydrogens is 346 g/mol. The van der Waals surface area contributed by atoms with Crippen molar-refractivity contribution < 1.29 is 9.53 Å². The Bertz CT molecular complexity index is 764. The zero-order chi connectivity index (χ0) is 20.9. The largest absolute Gasteiger partial charge is 0.487 e. The first-order valence-electron chi connectivity index (χ1n) is 11.0. The van der Waals surface area contributed by atoms with E-state index in [1.807, 2.05) is 0 Å². The second-order valence-electron chi connectivity index (χ2n) is 10.9. The van der Waals surface area contributed by atoms with E-state index in [1.165, 1.54) is 48.8 Å². The minimum atomic E-state index is -0.194. The summed E-state index contributed by atoms with van der Waals surface area (Å²) in [6.07, 6.45) is 7.11. The topological polar surface area (TPSA) is 38.3 Å². The Morgan fingerprint density at radius 3 is 2.21 bits per heavy atom. The van der Waals surface area contributed by atoms with Gasteiger partial charge in [0.05, 0.1) is 0 Å². The van der Waals surface area contributed by atoms with Crippen LogP contribution in [0.4, 0.5) is 5.69 Å². The fourth-order valence-corrected chi connectivity index (χ4v) is 5.45. The van der Waals surface area contributed by atoms with Crippen LogP contribution in [0, 0.1) is 32.1 Å². The predicted molar refractivity (Wildman–Crippen MR) is 117 cm³/mol. The second-order valence-corrected chi connectivity index (χ2v) is 10.9. The Balaban J connectivity index is 2.04. The number of fused-ring (bicyclic) bond motifs is 1. The standard InChI is InChI=1S/C25H39NO2/c1-15-16(2)23-20(17(3)22(15)26-19(27)14-24(4,5)6)21(25(7,8)28-23)18-12-10-9-11-13-18/h18,21H,9-14H2,1-8H3,(H,26,27). The number of hydrogen-bond donors (Lipinski definition) is 1. The van der Waals surface area contributed by atoms with E-state index < -0.39 is 0 Å². The maximum Gasteiger partial charge on any atom is 0.224 e. The van der Waals surface area contributed by atoms with Crippen molar-refractivity contribution >= 4 is 11.6 Å². The van der Waals surface area contributed by atoms with Gasteiger partial charge in [0.1, 0.15) is 11.4 Å². The molecule has 3 nitrogen and oxygen atoms in total. The highest BCUT2D eigenvalue weighted by Gasteiger charge is 2.47. The van der Waals surface area contributed by atoms with Gasteiger partial charge in [0.15, 0.2) is 0 Å². The molecule has 1 amide bonds. The molecular formula is C25H39NO2. The smallest absolute Gasteiger partial charge is 0.224 e. The molecule has 1 aliphatic heterocycles. The molecule has 3 rings (SSSR count). The van der Waals surface area contributed by atoms with E-state index in [9.17, 15) is 4.79 Å². The van der Waals surface area contributed by atoms with Gasteiger partial charge in [-0.3, -0.25) is 4.79 Å². The summed E-state index contributed by atoms with van der Waals surface area (Å²) in [5.74, 6) is 2.25. The van der Waals surface area contributed by atoms with Crippen molar-refractivity contribution in [1.29, 1.82) is 0 Å². The van der Waals surface area contributed by atoms with E-state index >= 15 is 0 Å². The number of carbonyl (C=O) groups excluding carboxylic acids is 1. The van der Waals surface area contributed by atoms with Crippen LogP contribution in [0.5, 0.6) is 5.75 Å². The third-order valence-corrected chi connectivity index (χ3v) is 6.80. The lowest BCUT2D eigenvalue weighted by Crippen LogP contribution is -2.35. The molecule has 2 aliphatic rings. The Hall–Kier alpha value is -1.51. The molecule has 1 N–H and O–H groups in total. The number of ether oxygens (including phenoxy) is 1. The fraction of sp³-hybridized carbons (Fsp3) is 0.720. The van der Waals surface area contributed by atoms with Gasteiger partial charge in [-0.2, -0.15) is 0 Å². The minimum absolute atomic E-state index is 0.0204. The maximum atomic E-state index is 12.7. The number of benzene rings is 1. The van der Waals surface area contributed by atoms with Gasteiger partial charge in [-0.25, -0.2) is 0 Å². The molecule has 0 spiro atoms. The quantitative estimate of drug-likeness (QED) is 0.620. The third kappa shape index (κ3) is 3.95. The van der Waals surface area contributed by atoms with E-state index in [-0.39, 0.29) is 16.9 Å². The van der Waals surface area contributed by atoms with Crippen LogP contribution in [0.15, 0.2) is 0 Å². The van der Waals surface area contributed by atoms with Crippen molar-refractivity contribution in [2.75, 3.05) is 5.32 Å². The molecule has 1 unspecified atom stereocenters. The molecule has 1 fully saturated rings. The minimum Gasteiger partial charge on any atom is -0.487 e. The number of rotatable bonds is 3. The highest BCUT2D eigenvalue weighted by atomic mass is 16.5. The van der Waals surface area contributed by atoms with Gasteiger partial charge in [-0.15, -0.1) is 0 Å². The van der Waals surface area contributed by atoms with Gasteiger partial charge in [-0.05, 0) is 75.5 Å². The monoisotopic (exact) mass is 385 g/mol. The lowest BCUT2D eigenvalue weighted by Gasteiger charge is -2.35. The van der Waals surface area contributed by atoms with Gasteiger partial charge in [0.25, 0.3) is 0 Å². The van der Waals surface area contributed by atoms with Crippen LogP contribution in [0.1, 0.15) is 101 Å². The van der Waals surface area contributed by atoms with Gasteiger partial charge in [0.2, 0.25) is 5.91 Å². The summed E-state index contributed by atoms with van der Waals surface area (Å²) in [7, 11) is 0. The molecule has 1 atom stereocenters. The number of nitrogens with one attached hydrogen (secondary N) is 1. The SMILES string of the molecule is Cc1c(C)c2c(c(C)c1NC(=O)CC(C)(C)C)C(C1CCCCC1)C(C)(C)O2. The molecule has 1 heterocycles. The summed E-state index contributed by atoms with van der Waals surface area (Å²) in [6.45, 7) is 17.3. The van der Waals surface area contributed by atoms with Gasteiger partial charge >= 0.3 is 0 Å². The Kier molecular flexibility index (Phi) is 5.59. The van der Waals surface area contributed by atoms with Crippen LogP contribution >= 0.6 is 0 Å². The van der Waals surface area contributed by atoms with Gasteiger partial charge in [0, 0.05) is 23.6 Å². The Morgan fingerprint density at radius 2 is 1.64 bits per heavy atom. The van der Waals surface area contributed by atoms with Crippen molar-refractivity contribution in [2.24, 2.45) is 11.3 Å². The first-order valence-corrected chi connectivity index (χ1v) is 11.0. The fourth-order valence-electron chi connectivity index (χ4n) is 5.45. The molecule has 1 aromatic rings. The van der Waals surface area contributed by atoms with E-state index in [1.54, 1.807) is 0 Å². The van der Waals surface area contributed by atoms with Crippen molar-refractivity contribution in [3.8, 4) is 5.75 Å². The predicted octanol–water partition coefficient (Wildman–Crippen LogP) is 6.82. The van der Waals surface area contributed by atoms with Crippen molar-refractivity contribution in [3.05, 3.63) is 22.3 Å². The van der Waals surface area contributed by atoms with Crippen LogP contribution in [-0.4, -0.2) is 11.5 Å². The normalized spacial score (nSPS) is 21.9. The van der Waals surface area contributed by atoms with Crippen molar-refractivity contribution in [1.82, 2.24) is 0 Å². The van der Waals surface area contributed by atoms with Crippen LogP contribution in [-0.2, 0) is 4.79 Å². The van der Waals surface area contributed by atoms with E-state index in [2.05, 4.69) is 60.7 Å². The average Bonchev–Trinajstić information content (AvgIpc) is 2.87. The zero-order valence-corrected chi connectivity index (χ0v) is 19.2. The van der Waals surface area contributed by atoms with Crippen LogP contribution < -0.4 is 10.1 Å². The summed E-state index contributed by atoms with van der Waals surface area (Å²) in [6, 6.07) is 0. The number of carbonyl (C=O) groups is 1. The highest BCUT2D eigenvalue weighted by Crippen LogP contribution is 2.56. The van der Waals surface area contributed by atoms with Crippen LogP contribution in [0.2, 0.25) is 0 Å². The molecule has 0 radical (unpaired) electrons. The molecule has 1 aliphatic carbocycles. The van der Waals surface area contributed by atoms with Crippen LogP contribution in [0.25, 0.3) is 0 Å². The first kappa shape index (κ1) is 21.2. The number of amides is 1. The number of anilines is 1. The molecule has 3 heteroatoms. The Morgan fingerprint density at radius 1 is 1.04 bits per heavy atom. The summed E-state index contributed by atoms with van der Waals surface area (Å²) in [4.78, 5) is 12.7. The van der Waals surface area contributed by atoms with Crippen LogP contribution in [0.3, 0.4) is 0 Å². The molecule has 0 bridgehead atoms. The number of hydrogen-bond acceptors (Lipinski definition) is 2. The maximum absolute atomic E-state index is 12.7.